The molecule has 2 aromatic carbocycles. The van der Waals surface area contributed by atoms with Gasteiger partial charge in [0.1, 0.15) is 0 Å². The Morgan fingerprint density at radius 2 is 2.04 bits per heavy atom. The predicted molar refractivity (Wildman–Crippen MR) is 90.3 cm³/mol. The summed E-state index contributed by atoms with van der Waals surface area (Å²) in [4.78, 5) is 29.8. The summed E-state index contributed by atoms with van der Waals surface area (Å²) in [7, 11) is 0. The second-order valence-electron chi connectivity index (χ2n) is 5.47. The van der Waals surface area contributed by atoms with E-state index in [4.69, 9.17) is 16.4 Å². The number of hydrazine groups is 1. The Morgan fingerprint density at radius 3 is 2.75 bits per heavy atom. The highest BCUT2D eigenvalue weighted by molar-refractivity contribution is 6.30. The zero-order valence-corrected chi connectivity index (χ0v) is 13.9. The quantitative estimate of drug-likeness (QED) is 0.836. The lowest BCUT2D eigenvalue weighted by Crippen LogP contribution is -2.48. The van der Waals surface area contributed by atoms with Crippen molar-refractivity contribution >= 4 is 29.1 Å². The van der Waals surface area contributed by atoms with Crippen LogP contribution in [0.25, 0.3) is 0 Å². The molecule has 2 aromatic rings. The summed E-state index contributed by atoms with van der Waals surface area (Å²) in [6, 6.07) is 11.5. The van der Waals surface area contributed by atoms with Crippen molar-refractivity contribution in [2.75, 3.05) is 5.32 Å². The van der Waals surface area contributed by atoms with Crippen LogP contribution in [0.15, 0.2) is 42.5 Å². The van der Waals surface area contributed by atoms with E-state index in [0.29, 0.717) is 22.0 Å². The van der Waals surface area contributed by atoms with E-state index in [1.54, 1.807) is 30.3 Å². The largest absolute Gasteiger partial charge is 0.389 e. The van der Waals surface area contributed by atoms with Crippen LogP contribution in [0.5, 0.6) is 5.75 Å². The topological polar surface area (TPSA) is 70.7 Å². The molecule has 1 aliphatic rings. The maximum absolute atomic E-state index is 12.3. The Hall–Kier alpha value is -2.57. The molecular weight excluding hydrogens is 330 g/mol. The van der Waals surface area contributed by atoms with Crippen molar-refractivity contribution < 1.29 is 14.4 Å². The summed E-state index contributed by atoms with van der Waals surface area (Å²) in [5, 5.41) is 4.51. The molecule has 2 N–H and O–H groups in total. The number of hydrogen-bond donors (Lipinski definition) is 2. The second kappa shape index (κ2) is 6.51. The zero-order chi connectivity index (χ0) is 17.3. The third-order valence-electron chi connectivity index (χ3n) is 3.75. The van der Waals surface area contributed by atoms with Crippen molar-refractivity contribution in [2.24, 2.45) is 0 Å². The summed E-state index contributed by atoms with van der Waals surface area (Å²) in [5.74, 6) is -0.133. The van der Waals surface area contributed by atoms with Gasteiger partial charge in [0.15, 0.2) is 11.8 Å². The third kappa shape index (κ3) is 3.06. The fourth-order valence-electron chi connectivity index (χ4n) is 2.57. The zero-order valence-electron chi connectivity index (χ0n) is 13.2. The number of nitrogens with zero attached hydrogens (tertiary/aromatic N) is 1. The molecule has 0 aromatic heterocycles. The van der Waals surface area contributed by atoms with Gasteiger partial charge in [-0.05, 0) is 36.8 Å². The first-order chi connectivity index (χ1) is 11.5. The molecule has 1 unspecified atom stereocenters. The Kier molecular flexibility index (Phi) is 4.42. The first kappa shape index (κ1) is 16.3. The van der Waals surface area contributed by atoms with Crippen molar-refractivity contribution in [3.63, 3.8) is 0 Å². The number of carbonyl (C=O) groups is 2. The minimum absolute atomic E-state index is 0.296. The Balaban J connectivity index is 1.83. The predicted octanol–water partition coefficient (Wildman–Crippen LogP) is 2.99. The van der Waals surface area contributed by atoms with Gasteiger partial charge in [0.25, 0.3) is 5.91 Å². The molecule has 0 aliphatic carbocycles. The molecule has 7 heteroatoms. The van der Waals surface area contributed by atoms with Crippen LogP contribution in [-0.2, 0) is 9.59 Å². The third-order valence-corrected chi connectivity index (χ3v) is 3.99. The second-order valence-corrected chi connectivity index (χ2v) is 5.91. The van der Waals surface area contributed by atoms with Gasteiger partial charge in [-0.3, -0.25) is 9.59 Å². The molecule has 2 amide bonds. The Morgan fingerprint density at radius 1 is 1.29 bits per heavy atom. The van der Waals surface area contributed by atoms with Crippen LogP contribution in [0.4, 0.5) is 5.69 Å². The Bertz CT molecular complexity index is 809. The summed E-state index contributed by atoms with van der Waals surface area (Å²) < 4.78 is 0. The van der Waals surface area contributed by atoms with Crippen molar-refractivity contribution in [1.29, 1.82) is 0 Å². The fourth-order valence-corrected chi connectivity index (χ4v) is 2.80. The molecule has 0 bridgehead atoms. The van der Waals surface area contributed by atoms with Crippen molar-refractivity contribution in [3.05, 3.63) is 58.6 Å². The van der Waals surface area contributed by atoms with Gasteiger partial charge in [-0.25, -0.2) is 5.01 Å². The standard InChI is InChI=1S/C17H16ClN3O3/c1-10-9-12(18)7-8-15(10)24-20-21(11(2)22)16-13-5-3-4-6-14(13)19-17(16)23/h3-9,16,20H,1-2H3,(H,19,23). The average molecular weight is 346 g/mol. The van der Waals surface area contributed by atoms with Crippen LogP contribution in [0, 0.1) is 6.92 Å². The minimum atomic E-state index is -0.800. The monoisotopic (exact) mass is 345 g/mol. The number of amides is 2. The van der Waals surface area contributed by atoms with Crippen LogP contribution in [0.2, 0.25) is 5.02 Å². The van der Waals surface area contributed by atoms with Crippen molar-refractivity contribution in [3.8, 4) is 5.75 Å². The fraction of sp³-hybridized carbons (Fsp3) is 0.176. The van der Waals surface area contributed by atoms with E-state index >= 15 is 0 Å². The number of para-hydroxylation sites is 1. The SMILES string of the molecule is CC(=O)N(NOc1ccc(Cl)cc1C)C1C(=O)Nc2ccccc21. The molecule has 0 fully saturated rings. The van der Waals surface area contributed by atoms with Crippen LogP contribution in [0.3, 0.4) is 0 Å². The molecule has 0 saturated heterocycles. The summed E-state index contributed by atoms with van der Waals surface area (Å²) in [5.41, 5.74) is 4.78. The highest BCUT2D eigenvalue weighted by atomic mass is 35.5. The van der Waals surface area contributed by atoms with Crippen LogP contribution in [0.1, 0.15) is 24.1 Å². The van der Waals surface area contributed by atoms with E-state index in [9.17, 15) is 9.59 Å². The smallest absolute Gasteiger partial charge is 0.253 e. The van der Waals surface area contributed by atoms with Gasteiger partial charge in [-0.15, -0.1) is 0 Å². The number of halogens is 1. The average Bonchev–Trinajstić information content (AvgIpc) is 2.85. The molecule has 0 radical (unpaired) electrons. The summed E-state index contributed by atoms with van der Waals surface area (Å²) in [6.07, 6.45) is 0. The van der Waals surface area contributed by atoms with Crippen LogP contribution < -0.4 is 15.7 Å². The number of carbonyl (C=O) groups excluding carboxylic acids is 2. The molecule has 3 rings (SSSR count). The molecular formula is C17H16ClN3O3. The maximum Gasteiger partial charge on any atom is 0.253 e. The number of fused-ring (bicyclic) bond motifs is 1. The molecule has 6 nitrogen and oxygen atoms in total. The van der Waals surface area contributed by atoms with E-state index in [1.165, 1.54) is 6.92 Å². The molecule has 1 aliphatic heterocycles. The molecule has 0 spiro atoms. The summed E-state index contributed by atoms with van der Waals surface area (Å²) in [6.45, 7) is 3.19. The molecule has 1 atom stereocenters. The van der Waals surface area contributed by atoms with Crippen LogP contribution >= 0.6 is 11.6 Å². The van der Waals surface area contributed by atoms with E-state index in [2.05, 4.69) is 10.9 Å². The number of aryl methyl sites for hydroxylation is 1. The number of rotatable bonds is 4. The summed E-state index contributed by atoms with van der Waals surface area (Å²) >= 11 is 5.92. The maximum atomic E-state index is 12.3. The highest BCUT2D eigenvalue weighted by Crippen LogP contribution is 2.34. The number of nitrogens with one attached hydrogen (secondary N) is 2. The lowest BCUT2D eigenvalue weighted by atomic mass is 10.1. The van der Waals surface area contributed by atoms with Gasteiger partial charge >= 0.3 is 0 Å². The van der Waals surface area contributed by atoms with Gasteiger partial charge in [-0.2, -0.15) is 0 Å². The van der Waals surface area contributed by atoms with Gasteiger partial charge < -0.3 is 10.2 Å². The minimum Gasteiger partial charge on any atom is -0.389 e. The first-order valence-corrected chi connectivity index (χ1v) is 7.73. The van der Waals surface area contributed by atoms with Crippen LogP contribution in [-0.4, -0.2) is 16.8 Å². The Labute approximate surface area is 144 Å². The molecule has 1 heterocycles. The van der Waals surface area contributed by atoms with Crippen molar-refractivity contribution in [2.45, 2.75) is 19.9 Å². The van der Waals surface area contributed by atoms with E-state index in [1.807, 2.05) is 19.1 Å². The number of anilines is 1. The number of hydrogen-bond acceptors (Lipinski definition) is 4. The number of benzene rings is 2. The van der Waals surface area contributed by atoms with Crippen molar-refractivity contribution in [1.82, 2.24) is 10.6 Å². The first-order valence-electron chi connectivity index (χ1n) is 7.35. The van der Waals surface area contributed by atoms with Gasteiger partial charge in [-0.1, -0.05) is 35.4 Å². The van der Waals surface area contributed by atoms with Gasteiger partial charge in [0, 0.05) is 23.2 Å². The van der Waals surface area contributed by atoms with Gasteiger partial charge in [0.2, 0.25) is 5.91 Å². The lowest BCUT2D eigenvalue weighted by Gasteiger charge is -2.26. The normalized spacial score (nSPS) is 15.6. The molecule has 0 saturated carbocycles. The molecule has 124 valence electrons. The van der Waals surface area contributed by atoms with E-state index in [0.717, 1.165) is 10.6 Å². The highest BCUT2D eigenvalue weighted by Gasteiger charge is 2.37. The lowest BCUT2D eigenvalue weighted by molar-refractivity contribution is -0.150. The van der Waals surface area contributed by atoms with Gasteiger partial charge in [0.05, 0.1) is 0 Å². The van der Waals surface area contributed by atoms with E-state index in [-0.39, 0.29) is 11.8 Å². The molecule has 24 heavy (non-hydrogen) atoms. The van der Waals surface area contributed by atoms with E-state index < -0.39 is 6.04 Å².